The highest BCUT2D eigenvalue weighted by atomic mass is 32.2. The zero-order valence-corrected chi connectivity index (χ0v) is 16.4. The summed E-state index contributed by atoms with van der Waals surface area (Å²) in [6, 6.07) is 16.6. The van der Waals surface area contributed by atoms with Gasteiger partial charge in [0.2, 0.25) is 10.0 Å². The third kappa shape index (κ3) is 3.43. The van der Waals surface area contributed by atoms with Crippen molar-refractivity contribution in [1.29, 1.82) is 5.26 Å². The van der Waals surface area contributed by atoms with E-state index in [1.54, 1.807) is 12.1 Å². The number of aromatic nitrogens is 2. The Balaban J connectivity index is 1.73. The molecule has 0 unspecified atom stereocenters. The molecule has 0 fully saturated rings. The largest absolute Gasteiger partial charge is 0.346 e. The van der Waals surface area contributed by atoms with Gasteiger partial charge in [0.25, 0.3) is 0 Å². The van der Waals surface area contributed by atoms with Crippen LogP contribution in [0.5, 0.6) is 0 Å². The van der Waals surface area contributed by atoms with Crippen molar-refractivity contribution in [3.8, 4) is 27.9 Å². The van der Waals surface area contributed by atoms with Crippen LogP contribution in [0.4, 0.5) is 0 Å². The molecule has 140 valence electrons. The molecule has 0 saturated heterocycles. The van der Waals surface area contributed by atoms with Gasteiger partial charge in [-0.2, -0.15) is 5.26 Å². The summed E-state index contributed by atoms with van der Waals surface area (Å²) >= 11 is 1.49. The lowest BCUT2D eigenvalue weighted by Gasteiger charge is -2.00. The van der Waals surface area contributed by atoms with Gasteiger partial charge in [0.05, 0.1) is 23.1 Å². The average molecular weight is 409 g/mol. The highest BCUT2D eigenvalue weighted by molar-refractivity contribution is 7.89. The first-order valence-electron chi connectivity index (χ1n) is 8.51. The van der Waals surface area contributed by atoms with Crippen LogP contribution in [0.3, 0.4) is 0 Å². The van der Waals surface area contributed by atoms with Crippen molar-refractivity contribution in [3.63, 3.8) is 0 Å². The molecule has 4 aromatic rings. The van der Waals surface area contributed by atoms with Gasteiger partial charge in [0.15, 0.2) is 0 Å². The fourth-order valence-corrected chi connectivity index (χ4v) is 4.47. The number of nitrogens with zero attached hydrogens (tertiary/aromatic N) is 3. The van der Waals surface area contributed by atoms with Gasteiger partial charge in [-0.25, -0.2) is 18.5 Å². The smallest absolute Gasteiger partial charge is 0.238 e. The molecule has 4 rings (SSSR count). The number of nitriles is 1. The van der Waals surface area contributed by atoms with Crippen molar-refractivity contribution in [2.45, 2.75) is 17.9 Å². The molecule has 0 aliphatic heterocycles. The van der Waals surface area contributed by atoms with Crippen LogP contribution >= 0.6 is 11.3 Å². The summed E-state index contributed by atoms with van der Waals surface area (Å²) < 4.78 is 24.9. The zero-order valence-electron chi connectivity index (χ0n) is 14.7. The average Bonchev–Trinajstić information content (AvgIpc) is 3.31. The Morgan fingerprint density at radius 1 is 1.14 bits per heavy atom. The van der Waals surface area contributed by atoms with Gasteiger partial charge in [-0.1, -0.05) is 30.3 Å². The van der Waals surface area contributed by atoms with E-state index >= 15 is 0 Å². The van der Waals surface area contributed by atoms with Crippen molar-refractivity contribution in [2.75, 3.05) is 0 Å². The minimum Gasteiger partial charge on any atom is -0.346 e. The summed E-state index contributed by atoms with van der Waals surface area (Å²) in [4.78, 5) is 4.82. The van der Waals surface area contributed by atoms with Crippen LogP contribution in [0.25, 0.3) is 32.7 Å². The van der Waals surface area contributed by atoms with E-state index in [0.29, 0.717) is 13.0 Å². The van der Waals surface area contributed by atoms with E-state index in [9.17, 15) is 8.42 Å². The molecule has 2 heterocycles. The van der Waals surface area contributed by atoms with E-state index < -0.39 is 10.0 Å². The predicted molar refractivity (Wildman–Crippen MR) is 110 cm³/mol. The minimum absolute atomic E-state index is 0.0774. The van der Waals surface area contributed by atoms with Crippen molar-refractivity contribution in [3.05, 3.63) is 60.1 Å². The number of aryl methyl sites for hydroxylation is 1. The molecule has 0 bridgehead atoms. The molecule has 0 amide bonds. The number of hydrogen-bond donors (Lipinski definition) is 1. The predicted octanol–water partition coefficient (Wildman–Crippen LogP) is 3.99. The molecule has 6 nitrogen and oxygen atoms in total. The normalized spacial score (nSPS) is 11.6. The van der Waals surface area contributed by atoms with Crippen LogP contribution in [-0.4, -0.2) is 18.0 Å². The minimum atomic E-state index is -3.71. The lowest BCUT2D eigenvalue weighted by Crippen LogP contribution is -2.11. The van der Waals surface area contributed by atoms with E-state index in [0.717, 1.165) is 32.7 Å². The monoisotopic (exact) mass is 408 g/mol. The summed E-state index contributed by atoms with van der Waals surface area (Å²) in [5, 5.41) is 17.9. The molecule has 2 aromatic heterocycles. The molecular formula is C20H16N4O2S2. The third-order valence-corrected chi connectivity index (χ3v) is 6.28. The highest BCUT2D eigenvalue weighted by Gasteiger charge is 2.14. The van der Waals surface area contributed by atoms with Crippen LogP contribution in [0.1, 0.15) is 6.42 Å². The number of thiazole rings is 1. The van der Waals surface area contributed by atoms with Gasteiger partial charge in [0.1, 0.15) is 5.01 Å². The van der Waals surface area contributed by atoms with Crippen molar-refractivity contribution in [2.24, 2.45) is 5.14 Å². The number of rotatable bonds is 5. The van der Waals surface area contributed by atoms with E-state index in [1.165, 1.54) is 23.5 Å². The van der Waals surface area contributed by atoms with Gasteiger partial charge in [-0.3, -0.25) is 0 Å². The maximum Gasteiger partial charge on any atom is 0.238 e. The fourth-order valence-electron chi connectivity index (χ4n) is 3.12. The maximum absolute atomic E-state index is 11.4. The van der Waals surface area contributed by atoms with Gasteiger partial charge >= 0.3 is 0 Å². The van der Waals surface area contributed by atoms with Gasteiger partial charge in [-0.15, -0.1) is 11.3 Å². The molecule has 0 atom stereocenters. The Morgan fingerprint density at radius 2 is 1.89 bits per heavy atom. The highest BCUT2D eigenvalue weighted by Crippen LogP contribution is 2.34. The molecule has 2 N–H and O–H groups in total. The van der Waals surface area contributed by atoms with E-state index in [-0.39, 0.29) is 4.90 Å². The van der Waals surface area contributed by atoms with Gasteiger partial charge in [-0.05, 0) is 18.2 Å². The standard InChI is InChI=1S/C20H16N4O2S2/c21-10-3-11-24-12-17(16-4-1-2-5-19(16)24)18-13-27-20(23-18)14-6-8-15(9-7-14)28(22,25)26/h1-2,4-9,12-13H,3,11H2,(H2,22,25,26). The van der Waals surface area contributed by atoms with E-state index in [1.807, 2.05) is 35.8 Å². The third-order valence-electron chi connectivity index (χ3n) is 4.46. The van der Waals surface area contributed by atoms with E-state index in [4.69, 9.17) is 15.4 Å². The summed E-state index contributed by atoms with van der Waals surface area (Å²) in [6.07, 6.45) is 2.47. The number of para-hydroxylation sites is 1. The van der Waals surface area contributed by atoms with E-state index in [2.05, 4.69) is 10.6 Å². The van der Waals surface area contributed by atoms with Crippen LogP contribution < -0.4 is 5.14 Å². The second kappa shape index (κ2) is 7.20. The summed E-state index contributed by atoms with van der Waals surface area (Å²) in [5.41, 5.74) is 3.76. The number of nitrogens with two attached hydrogens (primary N) is 1. The molecule has 0 saturated carbocycles. The van der Waals surface area contributed by atoms with Crippen LogP contribution in [0.2, 0.25) is 0 Å². The molecule has 2 aromatic carbocycles. The Kier molecular flexibility index (Phi) is 4.73. The van der Waals surface area contributed by atoms with Crippen LogP contribution in [-0.2, 0) is 16.6 Å². The fraction of sp³-hybridized carbons (Fsp3) is 0.100. The van der Waals surface area contributed by atoms with Crippen molar-refractivity contribution < 1.29 is 8.42 Å². The molecule has 0 radical (unpaired) electrons. The molecule has 0 spiro atoms. The van der Waals surface area contributed by atoms with Crippen LogP contribution in [0.15, 0.2) is 65.0 Å². The number of primary sulfonamides is 1. The number of hydrogen-bond acceptors (Lipinski definition) is 5. The SMILES string of the molecule is N#CCCn1cc(-c2csc(-c3ccc(S(N)(=O)=O)cc3)n2)c2ccccc21. The number of benzene rings is 2. The molecule has 0 aliphatic rings. The van der Waals surface area contributed by atoms with Crippen molar-refractivity contribution in [1.82, 2.24) is 9.55 Å². The summed E-state index contributed by atoms with van der Waals surface area (Å²) in [7, 11) is -3.71. The number of sulfonamides is 1. The maximum atomic E-state index is 11.4. The first-order valence-corrected chi connectivity index (χ1v) is 10.9. The van der Waals surface area contributed by atoms with Crippen LogP contribution in [0, 0.1) is 11.3 Å². The quantitative estimate of drug-likeness (QED) is 0.539. The second-order valence-electron chi connectivity index (χ2n) is 6.27. The molecule has 28 heavy (non-hydrogen) atoms. The Hall–Kier alpha value is -2.99. The summed E-state index contributed by atoms with van der Waals surface area (Å²) in [6.45, 7) is 0.628. The Labute approximate surface area is 166 Å². The van der Waals surface area contributed by atoms with Gasteiger partial charge in [0, 0.05) is 40.2 Å². The topological polar surface area (TPSA) is 102 Å². The number of fused-ring (bicyclic) bond motifs is 1. The molecule has 8 heteroatoms. The lowest BCUT2D eigenvalue weighted by atomic mass is 10.1. The summed E-state index contributed by atoms with van der Waals surface area (Å²) in [5.74, 6) is 0. The molecular weight excluding hydrogens is 392 g/mol. The lowest BCUT2D eigenvalue weighted by molar-refractivity contribution is 0.598. The first kappa shape index (κ1) is 18.4. The van der Waals surface area contributed by atoms with Gasteiger partial charge < -0.3 is 4.57 Å². The second-order valence-corrected chi connectivity index (χ2v) is 8.69. The van der Waals surface area contributed by atoms with Crippen molar-refractivity contribution >= 4 is 32.3 Å². The zero-order chi connectivity index (χ0) is 19.7. The Bertz CT molecular complexity index is 1300. The molecule has 0 aliphatic carbocycles. The Morgan fingerprint density at radius 3 is 2.61 bits per heavy atom. The first-order chi connectivity index (χ1) is 13.5.